The molecule has 2 saturated heterocycles. The lowest BCUT2D eigenvalue weighted by Crippen LogP contribution is -2.53. The molecule has 0 radical (unpaired) electrons. The predicted octanol–water partition coefficient (Wildman–Crippen LogP) is 2.59. The SMILES string of the molecule is CNS(=O)(=O)N[C@@H]1CN2C(=O)N(c3noc4cc(F)cc(-c5c(F)cccc5F)c34)C[C@@H]2C1(F)F. The number of carbonyl (C=O) groups excluding carboxylic acids is 1. The highest BCUT2D eigenvalue weighted by Gasteiger charge is 2.63. The Labute approximate surface area is 194 Å². The molecule has 0 spiro atoms. The van der Waals surface area contributed by atoms with Crippen LogP contribution in [-0.2, 0) is 10.2 Å². The van der Waals surface area contributed by atoms with E-state index < -0.39 is 70.4 Å². The van der Waals surface area contributed by atoms with Gasteiger partial charge in [-0.05, 0) is 18.2 Å². The number of aromatic nitrogens is 1. The Morgan fingerprint density at radius 2 is 1.83 bits per heavy atom. The zero-order valence-electron chi connectivity index (χ0n) is 17.7. The second-order valence-corrected chi connectivity index (χ2v) is 9.69. The zero-order chi connectivity index (χ0) is 25.3. The number of hydrogen-bond acceptors (Lipinski definition) is 5. The molecule has 2 amide bonds. The highest BCUT2D eigenvalue weighted by Crippen LogP contribution is 2.44. The summed E-state index contributed by atoms with van der Waals surface area (Å²) in [5.41, 5.74) is -1.19. The summed E-state index contributed by atoms with van der Waals surface area (Å²) in [6.07, 6.45) is 0. The highest BCUT2D eigenvalue weighted by molar-refractivity contribution is 7.87. The molecule has 0 unspecified atom stereocenters. The van der Waals surface area contributed by atoms with Crippen LogP contribution >= 0.6 is 0 Å². The van der Waals surface area contributed by atoms with Gasteiger partial charge in [0.25, 0.3) is 16.1 Å². The van der Waals surface area contributed by atoms with E-state index in [1.165, 1.54) is 0 Å². The second-order valence-electron chi connectivity index (χ2n) is 8.04. The fourth-order valence-corrected chi connectivity index (χ4v) is 5.15. The molecule has 186 valence electrons. The molecule has 3 aromatic rings. The third kappa shape index (κ3) is 3.61. The van der Waals surface area contributed by atoms with E-state index in [4.69, 9.17) is 4.52 Å². The first-order chi connectivity index (χ1) is 16.4. The molecule has 15 heteroatoms. The fraction of sp³-hybridized carbons (Fsp3) is 0.300. The van der Waals surface area contributed by atoms with Crippen LogP contribution in [0.25, 0.3) is 22.1 Å². The van der Waals surface area contributed by atoms with Gasteiger partial charge in [0.1, 0.15) is 29.5 Å². The molecule has 2 aliphatic rings. The van der Waals surface area contributed by atoms with Gasteiger partial charge in [0.2, 0.25) is 0 Å². The van der Waals surface area contributed by atoms with Gasteiger partial charge in [-0.25, -0.2) is 31.5 Å². The van der Waals surface area contributed by atoms with Crippen LogP contribution in [0, 0.1) is 17.5 Å². The number of nitrogens with zero attached hydrogens (tertiary/aromatic N) is 3. The smallest absolute Gasteiger partial charge is 0.326 e. The number of carbonyl (C=O) groups is 1. The lowest BCUT2D eigenvalue weighted by Gasteiger charge is -2.23. The summed E-state index contributed by atoms with van der Waals surface area (Å²) in [6.45, 7) is -1.28. The fourth-order valence-electron chi connectivity index (χ4n) is 4.42. The van der Waals surface area contributed by atoms with E-state index in [-0.39, 0.29) is 22.4 Å². The summed E-state index contributed by atoms with van der Waals surface area (Å²) in [5.74, 6) is -6.95. The Balaban J connectivity index is 1.57. The molecule has 1 aromatic heterocycles. The van der Waals surface area contributed by atoms with E-state index in [9.17, 15) is 26.4 Å². The predicted molar refractivity (Wildman–Crippen MR) is 112 cm³/mol. The van der Waals surface area contributed by atoms with E-state index in [0.29, 0.717) is 0 Å². The van der Waals surface area contributed by atoms with Gasteiger partial charge in [0.05, 0.1) is 17.5 Å². The van der Waals surface area contributed by atoms with Gasteiger partial charge in [0.15, 0.2) is 11.4 Å². The Morgan fingerprint density at radius 1 is 1.14 bits per heavy atom. The third-order valence-corrected chi connectivity index (χ3v) is 7.20. The van der Waals surface area contributed by atoms with Gasteiger partial charge >= 0.3 is 6.03 Å². The van der Waals surface area contributed by atoms with Gasteiger partial charge in [-0.3, -0.25) is 4.90 Å². The second kappa shape index (κ2) is 7.86. The Hall–Kier alpha value is -3.30. The highest BCUT2D eigenvalue weighted by atomic mass is 32.2. The van der Waals surface area contributed by atoms with E-state index >= 15 is 8.78 Å². The molecule has 5 rings (SSSR count). The van der Waals surface area contributed by atoms with Crippen molar-refractivity contribution in [2.24, 2.45) is 0 Å². The maximum Gasteiger partial charge on any atom is 0.326 e. The summed E-state index contributed by atoms with van der Waals surface area (Å²) in [7, 11) is -3.18. The van der Waals surface area contributed by atoms with Crippen LogP contribution in [0.1, 0.15) is 0 Å². The lowest BCUT2D eigenvalue weighted by atomic mass is 9.99. The van der Waals surface area contributed by atoms with Crippen LogP contribution in [0.5, 0.6) is 0 Å². The molecule has 2 fully saturated rings. The average molecular weight is 517 g/mol. The normalized spacial score (nSPS) is 21.8. The minimum Gasteiger partial charge on any atom is -0.354 e. The minimum atomic E-state index is -4.22. The molecule has 9 nitrogen and oxygen atoms in total. The first kappa shape index (κ1) is 23.4. The van der Waals surface area contributed by atoms with Crippen molar-refractivity contribution in [2.45, 2.75) is 18.0 Å². The van der Waals surface area contributed by atoms with Crippen LogP contribution in [-0.4, -0.2) is 62.6 Å². The number of nitrogens with one attached hydrogen (secondary N) is 2. The van der Waals surface area contributed by atoms with Crippen LogP contribution < -0.4 is 14.3 Å². The number of fused-ring (bicyclic) bond motifs is 2. The number of amides is 2. The molecule has 2 aromatic carbocycles. The van der Waals surface area contributed by atoms with Crippen LogP contribution in [0.2, 0.25) is 0 Å². The van der Waals surface area contributed by atoms with E-state index in [2.05, 4.69) is 5.16 Å². The van der Waals surface area contributed by atoms with E-state index in [1.54, 1.807) is 0 Å². The standard InChI is InChI=1S/C20H16F5N5O4S/c1-26-35(32,33)28-14-7-29-15(20(14,24)25)8-30(19(29)31)18-17-10(5-9(21)6-13(17)34-27-18)16-11(22)3-2-4-12(16)23/h2-6,14-15,26,28H,7-8H2,1H3/t14-,15-/m1/s1. The molecule has 3 heterocycles. The average Bonchev–Trinajstić information content (AvgIpc) is 3.40. The van der Waals surface area contributed by atoms with Gasteiger partial charge in [0, 0.05) is 25.2 Å². The third-order valence-electron chi connectivity index (χ3n) is 6.07. The number of anilines is 1. The van der Waals surface area contributed by atoms with Crippen molar-refractivity contribution in [1.29, 1.82) is 0 Å². The van der Waals surface area contributed by atoms with E-state index in [0.717, 1.165) is 47.2 Å². The Bertz CT molecular complexity index is 1440. The summed E-state index contributed by atoms with van der Waals surface area (Å²) in [4.78, 5) is 14.7. The van der Waals surface area contributed by atoms with Gasteiger partial charge < -0.3 is 9.42 Å². The van der Waals surface area contributed by atoms with Gasteiger partial charge in [-0.2, -0.15) is 13.1 Å². The Kier molecular flexibility index (Phi) is 5.26. The first-order valence-corrected chi connectivity index (χ1v) is 11.6. The van der Waals surface area contributed by atoms with Crippen molar-refractivity contribution in [3.05, 3.63) is 47.8 Å². The number of halogens is 5. The maximum absolute atomic E-state index is 15.1. The molecule has 35 heavy (non-hydrogen) atoms. The minimum absolute atomic E-state index is 0.152. The van der Waals surface area contributed by atoms with Crippen LogP contribution in [0.4, 0.5) is 32.6 Å². The van der Waals surface area contributed by atoms with Crippen molar-refractivity contribution < 1.29 is 39.7 Å². The van der Waals surface area contributed by atoms with E-state index in [1.807, 2.05) is 9.44 Å². The van der Waals surface area contributed by atoms with Gasteiger partial charge in [-0.15, -0.1) is 0 Å². The van der Waals surface area contributed by atoms with Crippen molar-refractivity contribution in [2.75, 3.05) is 25.0 Å². The molecular formula is C20H16F5N5O4S. The number of alkyl halides is 2. The lowest BCUT2D eigenvalue weighted by molar-refractivity contribution is -0.0325. The van der Waals surface area contributed by atoms with Gasteiger partial charge in [-0.1, -0.05) is 11.2 Å². The quantitative estimate of drug-likeness (QED) is 0.506. The van der Waals surface area contributed by atoms with Crippen molar-refractivity contribution in [3.63, 3.8) is 0 Å². The number of benzene rings is 2. The van der Waals surface area contributed by atoms with Crippen LogP contribution in [0.15, 0.2) is 34.9 Å². The van der Waals surface area contributed by atoms with Crippen molar-refractivity contribution >= 4 is 33.0 Å². The number of rotatable bonds is 5. The summed E-state index contributed by atoms with van der Waals surface area (Å²) >= 11 is 0. The molecular weight excluding hydrogens is 501 g/mol. The summed E-state index contributed by atoms with van der Waals surface area (Å²) in [5, 5.41) is 3.55. The maximum atomic E-state index is 15.1. The molecule has 2 atom stereocenters. The molecule has 0 saturated carbocycles. The number of hydrogen-bond donors (Lipinski definition) is 2. The molecule has 0 aliphatic carbocycles. The van der Waals surface area contributed by atoms with Crippen molar-refractivity contribution in [3.8, 4) is 11.1 Å². The Morgan fingerprint density at radius 3 is 2.46 bits per heavy atom. The monoisotopic (exact) mass is 517 g/mol. The molecule has 0 bridgehead atoms. The first-order valence-electron chi connectivity index (χ1n) is 10.1. The zero-order valence-corrected chi connectivity index (χ0v) is 18.5. The number of urea groups is 1. The molecule has 2 aliphatic heterocycles. The summed E-state index contributed by atoms with van der Waals surface area (Å²) in [6, 6.07) is 0.135. The molecule has 2 N–H and O–H groups in total. The van der Waals surface area contributed by atoms with Crippen LogP contribution in [0.3, 0.4) is 0 Å². The van der Waals surface area contributed by atoms with Crippen molar-refractivity contribution in [1.82, 2.24) is 19.5 Å². The summed E-state index contributed by atoms with van der Waals surface area (Å²) < 4.78 is 106. The largest absolute Gasteiger partial charge is 0.354 e. The topological polar surface area (TPSA) is 108 Å².